The maximum absolute atomic E-state index is 10.9. The van der Waals surface area contributed by atoms with Gasteiger partial charge in [-0.2, -0.15) is 0 Å². The number of hydrogen-bond donors (Lipinski definition) is 2. The quantitative estimate of drug-likeness (QED) is 0.428. The fourth-order valence-corrected chi connectivity index (χ4v) is 3.64. The first-order valence-corrected chi connectivity index (χ1v) is 8.98. The van der Waals surface area contributed by atoms with Gasteiger partial charge in [0.2, 0.25) is 5.91 Å². The molecule has 1 heterocycles. The van der Waals surface area contributed by atoms with Crippen LogP contribution in [-0.2, 0) is 4.79 Å². The molecule has 1 fully saturated rings. The normalized spacial score (nSPS) is 18.8. The second kappa shape index (κ2) is 9.91. The van der Waals surface area contributed by atoms with E-state index >= 15 is 0 Å². The minimum atomic E-state index is -0.288. The van der Waals surface area contributed by atoms with Crippen molar-refractivity contribution >= 4 is 17.5 Å². The van der Waals surface area contributed by atoms with E-state index in [1.165, 1.54) is 24.9 Å². The molecule has 0 bridgehead atoms. The Hall–Kier alpha value is -1.10. The van der Waals surface area contributed by atoms with Crippen LogP contribution < -0.4 is 5.48 Å². The average molecular weight is 339 g/mol. The minimum Gasteiger partial charge on any atom is -0.303 e. The highest BCUT2D eigenvalue weighted by Gasteiger charge is 2.22. The lowest BCUT2D eigenvalue weighted by atomic mass is 9.90. The van der Waals surface area contributed by atoms with Crippen LogP contribution in [0.25, 0.3) is 0 Å². The molecule has 0 saturated carbocycles. The zero-order valence-corrected chi connectivity index (χ0v) is 14.4. The zero-order valence-electron chi connectivity index (χ0n) is 13.6. The lowest BCUT2D eigenvalue weighted by Gasteiger charge is -2.33. The van der Waals surface area contributed by atoms with Gasteiger partial charge in [-0.3, -0.25) is 10.0 Å². The number of carbonyl (C=O) groups excluding carboxylic acids is 1. The van der Waals surface area contributed by atoms with Gasteiger partial charge in [-0.1, -0.05) is 42.6 Å². The summed E-state index contributed by atoms with van der Waals surface area (Å²) in [5.41, 5.74) is 2.96. The van der Waals surface area contributed by atoms with Gasteiger partial charge in [-0.15, -0.1) is 0 Å². The van der Waals surface area contributed by atoms with Crippen molar-refractivity contribution in [2.45, 2.75) is 50.9 Å². The van der Waals surface area contributed by atoms with Gasteiger partial charge >= 0.3 is 0 Å². The van der Waals surface area contributed by atoms with Crippen LogP contribution in [0.4, 0.5) is 0 Å². The molecule has 1 amide bonds. The predicted octanol–water partition coefficient (Wildman–Crippen LogP) is 3.98. The third-order valence-electron chi connectivity index (χ3n) is 4.60. The number of rotatable bonds is 8. The number of piperidine rings is 1. The highest BCUT2D eigenvalue weighted by atomic mass is 35.5. The first-order chi connectivity index (χ1) is 11.2. The predicted molar refractivity (Wildman–Crippen MR) is 92.9 cm³/mol. The third-order valence-corrected chi connectivity index (χ3v) is 4.95. The van der Waals surface area contributed by atoms with E-state index < -0.39 is 0 Å². The molecule has 23 heavy (non-hydrogen) atoms. The number of likely N-dealkylation sites (tertiary alicyclic amines) is 1. The van der Waals surface area contributed by atoms with Gasteiger partial charge in [0.05, 0.1) is 0 Å². The maximum atomic E-state index is 10.9. The summed E-state index contributed by atoms with van der Waals surface area (Å²) in [6.07, 6.45) is 7.03. The Morgan fingerprint density at radius 1 is 1.26 bits per heavy atom. The number of amides is 1. The van der Waals surface area contributed by atoms with Crippen molar-refractivity contribution in [2.75, 3.05) is 19.6 Å². The van der Waals surface area contributed by atoms with Crippen molar-refractivity contribution < 1.29 is 10.0 Å². The standard InChI is InChI=1S/C18H27ClN2O2/c19-17-10-5-4-9-16(17)15-8-7-13-21(14-15)12-6-2-1-3-11-18(22)20-23/h4-5,9-10,15,23H,1-3,6-8,11-14H2,(H,20,22). The highest BCUT2D eigenvalue weighted by molar-refractivity contribution is 6.31. The van der Waals surface area contributed by atoms with E-state index in [9.17, 15) is 4.79 Å². The number of nitrogens with one attached hydrogen (secondary N) is 1. The van der Waals surface area contributed by atoms with E-state index in [0.29, 0.717) is 12.3 Å². The second-order valence-corrected chi connectivity index (χ2v) is 6.77. The van der Waals surface area contributed by atoms with Gasteiger partial charge in [0.1, 0.15) is 0 Å². The summed E-state index contributed by atoms with van der Waals surface area (Å²) in [4.78, 5) is 13.4. The molecule has 2 rings (SSSR count). The van der Waals surface area contributed by atoms with Crippen LogP contribution in [0.2, 0.25) is 5.02 Å². The molecular weight excluding hydrogens is 312 g/mol. The van der Waals surface area contributed by atoms with E-state index in [2.05, 4.69) is 17.0 Å². The Kier molecular flexibility index (Phi) is 7.86. The van der Waals surface area contributed by atoms with Crippen molar-refractivity contribution in [1.29, 1.82) is 0 Å². The molecule has 0 aliphatic carbocycles. The third kappa shape index (κ3) is 6.13. The summed E-state index contributed by atoms with van der Waals surface area (Å²) >= 11 is 6.34. The van der Waals surface area contributed by atoms with Crippen LogP contribution in [0.15, 0.2) is 24.3 Å². The highest BCUT2D eigenvalue weighted by Crippen LogP contribution is 2.31. The number of carbonyl (C=O) groups is 1. The van der Waals surface area contributed by atoms with Gasteiger partial charge in [0.15, 0.2) is 0 Å². The van der Waals surface area contributed by atoms with E-state index in [-0.39, 0.29) is 5.91 Å². The Bertz CT molecular complexity index is 496. The van der Waals surface area contributed by atoms with Crippen molar-refractivity contribution in [2.24, 2.45) is 0 Å². The average Bonchev–Trinajstić information content (AvgIpc) is 2.58. The molecule has 1 aromatic rings. The monoisotopic (exact) mass is 338 g/mol. The minimum absolute atomic E-state index is 0.288. The first kappa shape index (κ1) is 18.2. The fraction of sp³-hybridized carbons (Fsp3) is 0.611. The van der Waals surface area contributed by atoms with Gasteiger partial charge < -0.3 is 4.90 Å². The van der Waals surface area contributed by atoms with Gasteiger partial charge in [0, 0.05) is 18.0 Å². The Morgan fingerprint density at radius 2 is 2.04 bits per heavy atom. The molecule has 0 radical (unpaired) electrons. The molecule has 0 spiro atoms. The van der Waals surface area contributed by atoms with Crippen LogP contribution in [-0.4, -0.2) is 35.6 Å². The number of halogens is 1. The molecule has 1 saturated heterocycles. The number of hydrogen-bond acceptors (Lipinski definition) is 3. The van der Waals surface area contributed by atoms with Crippen LogP contribution in [0.5, 0.6) is 0 Å². The van der Waals surface area contributed by atoms with Gasteiger partial charge in [-0.05, 0) is 56.3 Å². The van der Waals surface area contributed by atoms with Crippen LogP contribution in [0.1, 0.15) is 56.4 Å². The Balaban J connectivity index is 1.67. The summed E-state index contributed by atoms with van der Waals surface area (Å²) in [6, 6.07) is 8.20. The van der Waals surface area contributed by atoms with Crippen LogP contribution in [0.3, 0.4) is 0 Å². The number of nitrogens with zero attached hydrogens (tertiary/aromatic N) is 1. The number of unbranched alkanes of at least 4 members (excludes halogenated alkanes) is 3. The summed E-state index contributed by atoms with van der Waals surface area (Å²) in [5.74, 6) is 0.259. The van der Waals surface area contributed by atoms with Crippen molar-refractivity contribution in [3.8, 4) is 0 Å². The molecule has 2 N–H and O–H groups in total. The first-order valence-electron chi connectivity index (χ1n) is 8.60. The molecule has 128 valence electrons. The summed E-state index contributed by atoms with van der Waals surface area (Å²) in [7, 11) is 0. The Labute approximate surface area is 143 Å². The molecule has 1 unspecified atom stereocenters. The van der Waals surface area contributed by atoms with Crippen LogP contribution in [0, 0.1) is 0 Å². The van der Waals surface area contributed by atoms with Crippen LogP contribution >= 0.6 is 11.6 Å². The van der Waals surface area contributed by atoms with E-state index in [0.717, 1.165) is 43.8 Å². The summed E-state index contributed by atoms with van der Waals surface area (Å²) in [6.45, 7) is 3.39. The lowest BCUT2D eigenvalue weighted by Crippen LogP contribution is -2.35. The SMILES string of the molecule is O=C(CCCCCCN1CCCC(c2ccccc2Cl)C1)NO. The van der Waals surface area contributed by atoms with Crippen molar-refractivity contribution in [1.82, 2.24) is 10.4 Å². The van der Waals surface area contributed by atoms with Gasteiger partial charge in [-0.25, -0.2) is 5.48 Å². The fourth-order valence-electron chi connectivity index (χ4n) is 3.35. The largest absolute Gasteiger partial charge is 0.303 e. The molecule has 1 aromatic carbocycles. The summed E-state index contributed by atoms with van der Waals surface area (Å²) in [5, 5.41) is 9.32. The maximum Gasteiger partial charge on any atom is 0.243 e. The van der Waals surface area contributed by atoms with Gasteiger partial charge in [0.25, 0.3) is 0 Å². The van der Waals surface area contributed by atoms with E-state index in [1.807, 2.05) is 12.1 Å². The Morgan fingerprint density at radius 3 is 2.83 bits per heavy atom. The molecule has 1 aliphatic rings. The topological polar surface area (TPSA) is 52.6 Å². The van der Waals surface area contributed by atoms with Crippen molar-refractivity contribution in [3.63, 3.8) is 0 Å². The lowest BCUT2D eigenvalue weighted by molar-refractivity contribution is -0.129. The number of hydroxylamine groups is 1. The molecule has 1 atom stereocenters. The summed E-state index contributed by atoms with van der Waals surface area (Å²) < 4.78 is 0. The molecule has 4 nitrogen and oxygen atoms in total. The number of benzene rings is 1. The molecule has 1 aliphatic heterocycles. The van der Waals surface area contributed by atoms with E-state index in [4.69, 9.17) is 16.8 Å². The van der Waals surface area contributed by atoms with Crippen molar-refractivity contribution in [3.05, 3.63) is 34.9 Å². The molecule has 5 heteroatoms. The molecular formula is C18H27ClN2O2. The molecule has 0 aromatic heterocycles. The zero-order chi connectivity index (χ0) is 16.5. The van der Waals surface area contributed by atoms with E-state index in [1.54, 1.807) is 5.48 Å². The second-order valence-electron chi connectivity index (χ2n) is 6.36. The smallest absolute Gasteiger partial charge is 0.243 e.